The van der Waals surface area contributed by atoms with Gasteiger partial charge in [0, 0.05) is 11.8 Å². The van der Waals surface area contributed by atoms with Gasteiger partial charge in [-0.2, -0.15) is 0 Å². The molecule has 104 valence electrons. The van der Waals surface area contributed by atoms with Crippen molar-refractivity contribution in [3.63, 3.8) is 0 Å². The number of oxime groups is 1. The number of nitrogens with zero attached hydrogens (tertiary/aromatic N) is 1. The zero-order valence-electron chi connectivity index (χ0n) is 10.4. The third-order valence-electron chi connectivity index (χ3n) is 2.50. The first-order valence-electron chi connectivity index (χ1n) is 5.72. The van der Waals surface area contributed by atoms with Crippen LogP contribution >= 0.6 is 0 Å². The maximum atomic E-state index is 13.0. The van der Waals surface area contributed by atoms with E-state index in [1.807, 2.05) is 6.92 Å². The molecule has 1 atom stereocenters. The SMILES string of the molecule is CCCC(C(=O)Nc1cc(F)cc(F)c1)C(N)=NO. The van der Waals surface area contributed by atoms with E-state index in [0.29, 0.717) is 18.9 Å². The minimum absolute atomic E-state index is 0.0191. The molecule has 1 aromatic rings. The van der Waals surface area contributed by atoms with Gasteiger partial charge in [-0.15, -0.1) is 0 Å². The summed E-state index contributed by atoms with van der Waals surface area (Å²) < 4.78 is 25.9. The molecule has 1 rings (SSSR count). The number of hydrogen-bond acceptors (Lipinski definition) is 3. The van der Waals surface area contributed by atoms with Gasteiger partial charge in [-0.3, -0.25) is 4.79 Å². The van der Waals surface area contributed by atoms with E-state index in [1.54, 1.807) is 0 Å². The van der Waals surface area contributed by atoms with Crippen molar-refractivity contribution >= 4 is 17.4 Å². The number of halogens is 2. The summed E-state index contributed by atoms with van der Waals surface area (Å²) in [6.07, 6.45) is 0.991. The summed E-state index contributed by atoms with van der Waals surface area (Å²) in [5.41, 5.74) is 5.39. The summed E-state index contributed by atoms with van der Waals surface area (Å²) in [6.45, 7) is 1.83. The molecule has 0 saturated heterocycles. The fourth-order valence-corrected chi connectivity index (χ4v) is 1.63. The molecule has 4 N–H and O–H groups in total. The highest BCUT2D eigenvalue weighted by Gasteiger charge is 2.22. The molecule has 0 aliphatic heterocycles. The van der Waals surface area contributed by atoms with Crippen molar-refractivity contribution in [2.24, 2.45) is 16.8 Å². The second kappa shape index (κ2) is 6.67. The lowest BCUT2D eigenvalue weighted by molar-refractivity contribution is -0.118. The van der Waals surface area contributed by atoms with Crippen LogP contribution in [0.3, 0.4) is 0 Å². The number of anilines is 1. The van der Waals surface area contributed by atoms with Gasteiger partial charge in [0.05, 0.1) is 5.92 Å². The number of amides is 1. The van der Waals surface area contributed by atoms with E-state index in [2.05, 4.69) is 10.5 Å². The Bertz CT molecular complexity index is 472. The van der Waals surface area contributed by atoms with E-state index < -0.39 is 23.5 Å². The highest BCUT2D eigenvalue weighted by atomic mass is 19.1. The number of nitrogens with one attached hydrogen (secondary N) is 1. The van der Waals surface area contributed by atoms with Gasteiger partial charge in [-0.05, 0) is 18.6 Å². The average molecular weight is 271 g/mol. The van der Waals surface area contributed by atoms with Crippen molar-refractivity contribution in [3.05, 3.63) is 29.8 Å². The number of rotatable bonds is 5. The number of carbonyl (C=O) groups is 1. The molecule has 0 fully saturated rings. The van der Waals surface area contributed by atoms with Crippen molar-refractivity contribution in [2.45, 2.75) is 19.8 Å². The van der Waals surface area contributed by atoms with Crippen LogP contribution in [0.2, 0.25) is 0 Å². The zero-order chi connectivity index (χ0) is 14.4. The van der Waals surface area contributed by atoms with Crippen LogP contribution < -0.4 is 11.1 Å². The van der Waals surface area contributed by atoms with Gasteiger partial charge in [0.15, 0.2) is 5.84 Å². The van der Waals surface area contributed by atoms with Crippen LogP contribution in [0.1, 0.15) is 19.8 Å². The number of carbonyl (C=O) groups excluding carboxylic acids is 1. The van der Waals surface area contributed by atoms with Crippen LogP contribution in [0.25, 0.3) is 0 Å². The minimum Gasteiger partial charge on any atom is -0.409 e. The van der Waals surface area contributed by atoms with E-state index in [0.717, 1.165) is 12.1 Å². The van der Waals surface area contributed by atoms with E-state index in [-0.39, 0.29) is 11.5 Å². The van der Waals surface area contributed by atoms with E-state index in [1.165, 1.54) is 0 Å². The smallest absolute Gasteiger partial charge is 0.235 e. The molecule has 0 saturated carbocycles. The molecule has 1 aromatic carbocycles. The molecule has 0 aliphatic rings. The molecule has 19 heavy (non-hydrogen) atoms. The Morgan fingerprint density at radius 3 is 2.47 bits per heavy atom. The number of amidine groups is 1. The van der Waals surface area contributed by atoms with Gasteiger partial charge in [0.2, 0.25) is 5.91 Å². The molecule has 0 spiro atoms. The van der Waals surface area contributed by atoms with Gasteiger partial charge in [0.25, 0.3) is 0 Å². The van der Waals surface area contributed by atoms with Gasteiger partial charge in [-0.1, -0.05) is 18.5 Å². The molecule has 0 heterocycles. The Hall–Kier alpha value is -2.18. The highest BCUT2D eigenvalue weighted by Crippen LogP contribution is 2.15. The summed E-state index contributed by atoms with van der Waals surface area (Å²) in [7, 11) is 0. The van der Waals surface area contributed by atoms with Crippen LogP contribution in [-0.4, -0.2) is 17.0 Å². The topological polar surface area (TPSA) is 87.7 Å². The summed E-state index contributed by atoms with van der Waals surface area (Å²) >= 11 is 0. The Morgan fingerprint density at radius 2 is 2.00 bits per heavy atom. The van der Waals surface area contributed by atoms with Crippen molar-refractivity contribution in [2.75, 3.05) is 5.32 Å². The van der Waals surface area contributed by atoms with Gasteiger partial charge >= 0.3 is 0 Å². The lowest BCUT2D eigenvalue weighted by Gasteiger charge is -2.14. The standard InChI is InChI=1S/C12H15F2N3O2/c1-2-3-10(11(15)17-19)12(18)16-9-5-7(13)4-8(14)6-9/h4-6,10,19H,2-3H2,1H3,(H2,15,17)(H,16,18). The van der Waals surface area contributed by atoms with Crippen LogP contribution in [0.5, 0.6) is 0 Å². The first-order chi connectivity index (χ1) is 8.97. The maximum Gasteiger partial charge on any atom is 0.235 e. The predicted octanol–water partition coefficient (Wildman–Crippen LogP) is 2.07. The first kappa shape index (κ1) is 14.9. The van der Waals surface area contributed by atoms with E-state index in [9.17, 15) is 13.6 Å². The highest BCUT2D eigenvalue weighted by molar-refractivity contribution is 6.07. The van der Waals surface area contributed by atoms with Crippen LogP contribution in [0, 0.1) is 17.6 Å². The van der Waals surface area contributed by atoms with Crippen molar-refractivity contribution in [1.29, 1.82) is 0 Å². The Labute approximate surface area is 109 Å². The second-order valence-electron chi connectivity index (χ2n) is 4.01. The Kier molecular flexibility index (Phi) is 5.23. The number of hydrogen-bond donors (Lipinski definition) is 3. The molecule has 0 bridgehead atoms. The lowest BCUT2D eigenvalue weighted by atomic mass is 10.0. The van der Waals surface area contributed by atoms with Crippen molar-refractivity contribution in [3.8, 4) is 0 Å². The molecule has 0 radical (unpaired) electrons. The van der Waals surface area contributed by atoms with Crippen LogP contribution in [-0.2, 0) is 4.79 Å². The molecule has 7 heteroatoms. The van der Waals surface area contributed by atoms with Crippen molar-refractivity contribution in [1.82, 2.24) is 0 Å². The van der Waals surface area contributed by atoms with Gasteiger partial charge in [-0.25, -0.2) is 8.78 Å². The second-order valence-corrected chi connectivity index (χ2v) is 4.01. The van der Waals surface area contributed by atoms with Gasteiger partial charge < -0.3 is 16.3 Å². The van der Waals surface area contributed by atoms with Crippen molar-refractivity contribution < 1.29 is 18.8 Å². The van der Waals surface area contributed by atoms with Crippen LogP contribution in [0.4, 0.5) is 14.5 Å². The molecular formula is C12H15F2N3O2. The zero-order valence-corrected chi connectivity index (χ0v) is 10.4. The molecule has 1 unspecified atom stereocenters. The molecule has 5 nitrogen and oxygen atoms in total. The summed E-state index contributed by atoms with van der Waals surface area (Å²) in [6, 6.07) is 2.66. The van der Waals surface area contributed by atoms with E-state index in [4.69, 9.17) is 10.9 Å². The molecule has 1 amide bonds. The third-order valence-corrected chi connectivity index (χ3v) is 2.50. The monoisotopic (exact) mass is 271 g/mol. The summed E-state index contributed by atoms with van der Waals surface area (Å²) in [4.78, 5) is 11.9. The fourth-order valence-electron chi connectivity index (χ4n) is 1.63. The largest absolute Gasteiger partial charge is 0.409 e. The normalized spacial score (nSPS) is 13.1. The predicted molar refractivity (Wildman–Crippen MR) is 66.8 cm³/mol. The molecule has 0 aromatic heterocycles. The minimum atomic E-state index is -0.846. The third kappa shape index (κ3) is 4.20. The number of nitrogens with two attached hydrogens (primary N) is 1. The summed E-state index contributed by atoms with van der Waals surface area (Å²) in [5.74, 6) is -3.27. The Morgan fingerprint density at radius 1 is 1.42 bits per heavy atom. The summed E-state index contributed by atoms with van der Waals surface area (Å²) in [5, 5.41) is 13.7. The Balaban J connectivity index is 2.87. The first-order valence-corrected chi connectivity index (χ1v) is 5.72. The quantitative estimate of drug-likeness (QED) is 0.331. The number of benzene rings is 1. The fraction of sp³-hybridized carbons (Fsp3) is 0.333. The lowest BCUT2D eigenvalue weighted by Crippen LogP contribution is -2.34. The average Bonchev–Trinajstić information content (AvgIpc) is 2.33. The van der Waals surface area contributed by atoms with E-state index >= 15 is 0 Å². The molecular weight excluding hydrogens is 256 g/mol. The maximum absolute atomic E-state index is 13.0. The molecule has 0 aliphatic carbocycles. The van der Waals surface area contributed by atoms with Gasteiger partial charge in [0.1, 0.15) is 11.6 Å². The van der Waals surface area contributed by atoms with Crippen LogP contribution in [0.15, 0.2) is 23.4 Å².